The molecule has 6 heteroatoms. The van der Waals surface area contributed by atoms with E-state index in [1.807, 2.05) is 30.3 Å². The maximum Gasteiger partial charge on any atom is 1.00 e. The van der Waals surface area contributed by atoms with Crippen molar-refractivity contribution in [2.75, 3.05) is 38.2 Å². The number of hydrogen-bond donors (Lipinski definition) is 0. The van der Waals surface area contributed by atoms with Crippen LogP contribution in [-0.4, -0.2) is 44.2 Å². The Morgan fingerprint density at radius 1 is 1.03 bits per heavy atom. The number of likely N-dealkylation sites (N-methyl/N-ethyl adjacent to an activating group) is 1. The molecule has 2 aromatic carbocycles. The van der Waals surface area contributed by atoms with E-state index >= 15 is 0 Å². The Labute approximate surface area is 256 Å². The topological polar surface area (TPSA) is 39.0 Å². The number of unbranched alkanes of at least 4 members (excludes halogenated alkanes) is 1. The third kappa shape index (κ3) is 10.6. The second-order valence-electron chi connectivity index (χ2n) is 9.88. The molecule has 1 atom stereocenters. The van der Waals surface area contributed by atoms with E-state index in [0.29, 0.717) is 6.04 Å². The zero-order valence-electron chi connectivity index (χ0n) is 22.9. The van der Waals surface area contributed by atoms with Crippen LogP contribution in [0.3, 0.4) is 0 Å². The van der Waals surface area contributed by atoms with Gasteiger partial charge in [-0.1, -0.05) is 52.2 Å². The van der Waals surface area contributed by atoms with Crippen LogP contribution in [0.2, 0.25) is 0 Å². The van der Waals surface area contributed by atoms with E-state index in [-0.39, 0.29) is 51.4 Å². The number of ether oxygens (including phenoxy) is 1. The number of nitrogens with zero attached hydrogens (tertiary/aromatic N) is 3. The molecule has 2 aliphatic rings. The van der Waals surface area contributed by atoms with Crippen molar-refractivity contribution in [3.8, 4) is 11.5 Å². The van der Waals surface area contributed by atoms with Crippen LogP contribution >= 0.6 is 0 Å². The molecule has 2 aromatic rings. The first-order valence-corrected chi connectivity index (χ1v) is 13.2. The van der Waals surface area contributed by atoms with Gasteiger partial charge < -0.3 is 24.9 Å². The molecule has 1 aliphatic carbocycles. The van der Waals surface area contributed by atoms with E-state index in [2.05, 4.69) is 62.2 Å². The summed E-state index contributed by atoms with van der Waals surface area (Å²) < 4.78 is 5.69. The Hall–Kier alpha value is -0.764. The van der Waals surface area contributed by atoms with Gasteiger partial charge in [-0.05, 0) is 81.6 Å². The Morgan fingerprint density at radius 3 is 2.34 bits per heavy atom. The summed E-state index contributed by atoms with van der Waals surface area (Å²) in [6.07, 6.45) is 7.60. The SMILES string of the molecule is CC1CC1.CCCCOc1ccc([N-]Oc2ccc(N3CCC(N(C)CCC)C3)cc2C)cc1.[K+]. The Kier molecular flexibility index (Phi) is 14.1. The summed E-state index contributed by atoms with van der Waals surface area (Å²) in [5, 5.41) is 0. The second kappa shape index (κ2) is 16.2. The van der Waals surface area contributed by atoms with Crippen molar-refractivity contribution in [2.45, 2.75) is 72.3 Å². The Morgan fingerprint density at radius 2 is 1.74 bits per heavy atom. The van der Waals surface area contributed by atoms with Gasteiger partial charge in [-0.25, -0.2) is 0 Å². The van der Waals surface area contributed by atoms with E-state index in [1.165, 1.54) is 31.4 Å². The van der Waals surface area contributed by atoms with Crippen LogP contribution in [0, 0.1) is 12.8 Å². The van der Waals surface area contributed by atoms with Crippen LogP contribution < -0.4 is 65.9 Å². The minimum Gasteiger partial charge on any atom is -0.557 e. The third-order valence-corrected chi connectivity index (χ3v) is 6.61. The summed E-state index contributed by atoms with van der Waals surface area (Å²) in [7, 11) is 2.24. The van der Waals surface area contributed by atoms with Crippen molar-refractivity contribution < 1.29 is 61.0 Å². The minimum absolute atomic E-state index is 0. The molecule has 4 rings (SSSR count). The quantitative estimate of drug-likeness (QED) is 0.256. The molecular weight excluding hydrogens is 461 g/mol. The molecule has 0 N–H and O–H groups in total. The molecule has 1 aliphatic heterocycles. The maximum absolute atomic E-state index is 5.73. The van der Waals surface area contributed by atoms with Crippen molar-refractivity contribution in [1.82, 2.24) is 4.90 Å². The van der Waals surface area contributed by atoms with Crippen LogP contribution in [0.15, 0.2) is 42.5 Å². The van der Waals surface area contributed by atoms with Crippen LogP contribution in [0.25, 0.3) is 5.48 Å². The molecule has 1 unspecified atom stereocenters. The van der Waals surface area contributed by atoms with Gasteiger partial charge in [0.1, 0.15) is 11.5 Å². The average Bonchev–Trinajstić information content (AvgIpc) is 3.46. The standard InChI is InChI=1S/C25H36N3O2.C4H8.K/c1-5-7-17-29-24-11-8-21(9-12-24)26-30-25-13-10-22(18-20(25)3)28-16-14-23(19-28)27(4)15-6-2;1-4-2-3-4;/h8-13,18,23H,5-7,14-17,19H2,1-4H3;4H,2-3H2,1H3;/q-1;;+1. The molecule has 1 heterocycles. The normalized spacial score (nSPS) is 16.9. The number of anilines is 1. The van der Waals surface area contributed by atoms with Crippen molar-refractivity contribution >= 4 is 11.4 Å². The zero-order chi connectivity index (χ0) is 24.3. The molecule has 1 saturated carbocycles. The monoisotopic (exact) mass is 505 g/mol. The Bertz CT molecular complexity index is 858. The number of hydrogen-bond acceptors (Lipinski definition) is 4. The van der Waals surface area contributed by atoms with Gasteiger partial charge in [-0.2, -0.15) is 0 Å². The van der Waals surface area contributed by atoms with Gasteiger partial charge in [0.15, 0.2) is 0 Å². The number of rotatable bonds is 11. The molecule has 0 bridgehead atoms. The van der Waals surface area contributed by atoms with Gasteiger partial charge in [0.2, 0.25) is 0 Å². The van der Waals surface area contributed by atoms with E-state index < -0.39 is 0 Å². The van der Waals surface area contributed by atoms with Crippen LogP contribution in [0.4, 0.5) is 11.4 Å². The third-order valence-electron chi connectivity index (χ3n) is 6.61. The van der Waals surface area contributed by atoms with Crippen molar-refractivity contribution in [1.29, 1.82) is 0 Å². The fourth-order valence-electron chi connectivity index (χ4n) is 4.01. The summed E-state index contributed by atoms with van der Waals surface area (Å²) in [4.78, 5) is 10.7. The number of benzene rings is 2. The van der Waals surface area contributed by atoms with E-state index in [9.17, 15) is 0 Å². The van der Waals surface area contributed by atoms with Gasteiger partial charge in [-0.3, -0.25) is 0 Å². The molecular formula is C29H44KN3O2. The average molecular weight is 506 g/mol. The van der Waals surface area contributed by atoms with Crippen molar-refractivity contribution in [2.24, 2.45) is 5.92 Å². The fraction of sp³-hybridized carbons (Fsp3) is 0.586. The molecule has 188 valence electrons. The number of aryl methyl sites for hydroxylation is 1. The van der Waals surface area contributed by atoms with Crippen molar-refractivity contribution in [3.63, 3.8) is 0 Å². The molecule has 0 spiro atoms. The summed E-state index contributed by atoms with van der Waals surface area (Å²) in [5.41, 5.74) is 7.43. The predicted octanol–water partition coefficient (Wildman–Crippen LogP) is 4.51. The van der Waals surface area contributed by atoms with Crippen molar-refractivity contribution in [3.05, 3.63) is 53.5 Å². The first-order valence-electron chi connectivity index (χ1n) is 13.2. The molecule has 1 saturated heterocycles. The van der Waals surface area contributed by atoms with E-state index in [4.69, 9.17) is 9.57 Å². The van der Waals surface area contributed by atoms with Crippen LogP contribution in [0.5, 0.6) is 11.5 Å². The minimum atomic E-state index is 0. The second-order valence-corrected chi connectivity index (χ2v) is 9.88. The van der Waals surface area contributed by atoms with Gasteiger partial charge in [-0.15, -0.1) is 5.69 Å². The molecule has 0 radical (unpaired) electrons. The summed E-state index contributed by atoms with van der Waals surface area (Å²) in [5.74, 6) is 2.75. The van der Waals surface area contributed by atoms with Crippen LogP contribution in [-0.2, 0) is 0 Å². The molecule has 35 heavy (non-hydrogen) atoms. The molecule has 0 amide bonds. The first kappa shape index (κ1) is 30.5. The molecule has 5 nitrogen and oxygen atoms in total. The van der Waals surface area contributed by atoms with Crippen LogP contribution in [0.1, 0.15) is 64.9 Å². The fourth-order valence-corrected chi connectivity index (χ4v) is 4.01. The predicted molar refractivity (Wildman–Crippen MR) is 144 cm³/mol. The van der Waals surface area contributed by atoms with Gasteiger partial charge >= 0.3 is 51.4 Å². The Balaban J connectivity index is 0.000000783. The smallest absolute Gasteiger partial charge is 0.557 e. The molecule has 2 fully saturated rings. The maximum atomic E-state index is 5.73. The van der Waals surface area contributed by atoms with E-state index in [0.717, 1.165) is 67.8 Å². The van der Waals surface area contributed by atoms with Gasteiger partial charge in [0.25, 0.3) is 0 Å². The largest absolute Gasteiger partial charge is 1.00 e. The summed E-state index contributed by atoms with van der Waals surface area (Å²) >= 11 is 0. The zero-order valence-corrected chi connectivity index (χ0v) is 26.0. The molecule has 0 aromatic heterocycles. The van der Waals surface area contributed by atoms with Gasteiger partial charge in [0, 0.05) is 24.8 Å². The summed E-state index contributed by atoms with van der Waals surface area (Å²) in [6.45, 7) is 12.9. The first-order chi connectivity index (χ1) is 16.5. The van der Waals surface area contributed by atoms with Gasteiger partial charge in [0.05, 0.1) is 6.61 Å². The summed E-state index contributed by atoms with van der Waals surface area (Å²) in [6, 6.07) is 14.7. The van der Waals surface area contributed by atoms with E-state index in [1.54, 1.807) is 0 Å².